The molecule has 1 aliphatic carbocycles. The summed E-state index contributed by atoms with van der Waals surface area (Å²) in [6.45, 7) is 9.53. The monoisotopic (exact) mass is 214 g/mol. The van der Waals surface area contributed by atoms with Crippen LogP contribution in [0.5, 0.6) is 0 Å². The molecule has 0 aromatic carbocycles. The second-order valence-electron chi connectivity index (χ2n) is 5.03. The van der Waals surface area contributed by atoms with Gasteiger partial charge in [-0.3, -0.25) is 0 Å². The third kappa shape index (κ3) is 2.92. The van der Waals surface area contributed by atoms with Gasteiger partial charge in [-0.15, -0.1) is 0 Å². The van der Waals surface area contributed by atoms with Gasteiger partial charge in [0.05, 0.1) is 0 Å². The van der Waals surface area contributed by atoms with E-state index in [-0.39, 0.29) is 0 Å². The van der Waals surface area contributed by atoms with Crippen LogP contribution in [-0.4, -0.2) is 10.00 Å². The Morgan fingerprint density at radius 3 is 2.57 bits per heavy atom. The molecule has 0 heterocycles. The Bertz CT molecular complexity index is 165. The van der Waals surface area contributed by atoms with Crippen LogP contribution in [0.4, 0.5) is 0 Å². The zero-order chi connectivity index (χ0) is 10.6. The molecule has 0 nitrogen and oxygen atoms in total. The number of thioether (sulfide) groups is 1. The lowest BCUT2D eigenvalue weighted by atomic mass is 9.72. The minimum absolute atomic E-state index is 0.627. The Balaban J connectivity index is 2.28. The van der Waals surface area contributed by atoms with Gasteiger partial charge in [0, 0.05) is 10.00 Å². The highest BCUT2D eigenvalue weighted by atomic mass is 32.2. The minimum Gasteiger partial charge on any atom is -0.152 e. The van der Waals surface area contributed by atoms with E-state index in [1.165, 1.54) is 38.5 Å². The molecule has 1 aliphatic rings. The van der Waals surface area contributed by atoms with Crippen molar-refractivity contribution >= 4 is 11.8 Å². The third-order valence-electron chi connectivity index (χ3n) is 3.78. The van der Waals surface area contributed by atoms with Crippen LogP contribution in [0.15, 0.2) is 0 Å². The quantitative estimate of drug-likeness (QED) is 0.607. The van der Waals surface area contributed by atoms with Gasteiger partial charge in [-0.05, 0) is 25.2 Å². The topological polar surface area (TPSA) is 0 Å². The molecule has 1 heteroatoms. The molecule has 0 bridgehead atoms. The smallest absolute Gasteiger partial charge is 0.0162 e. The summed E-state index contributed by atoms with van der Waals surface area (Å²) < 4.78 is 0.627. The molecule has 0 saturated heterocycles. The zero-order valence-electron chi connectivity index (χ0n) is 10.3. The predicted octanol–water partition coefficient (Wildman–Crippen LogP) is 4.88. The number of rotatable bonds is 6. The summed E-state index contributed by atoms with van der Waals surface area (Å²) in [4.78, 5) is 0. The van der Waals surface area contributed by atoms with Crippen molar-refractivity contribution in [1.29, 1.82) is 0 Å². The lowest BCUT2D eigenvalue weighted by molar-refractivity contribution is 0.227. The summed E-state index contributed by atoms with van der Waals surface area (Å²) in [5, 5.41) is 0.870. The van der Waals surface area contributed by atoms with E-state index in [0.717, 1.165) is 11.2 Å². The molecule has 3 atom stereocenters. The molecule has 0 radical (unpaired) electrons. The van der Waals surface area contributed by atoms with Crippen LogP contribution in [0, 0.1) is 5.92 Å². The summed E-state index contributed by atoms with van der Waals surface area (Å²) in [5.41, 5.74) is 0. The van der Waals surface area contributed by atoms with E-state index < -0.39 is 0 Å². The van der Waals surface area contributed by atoms with Crippen LogP contribution in [0.1, 0.15) is 66.2 Å². The van der Waals surface area contributed by atoms with E-state index in [1.54, 1.807) is 0 Å². The lowest BCUT2D eigenvalue weighted by Crippen LogP contribution is -2.42. The van der Waals surface area contributed by atoms with Crippen molar-refractivity contribution in [3.8, 4) is 0 Å². The van der Waals surface area contributed by atoms with Gasteiger partial charge in [0.15, 0.2) is 0 Å². The maximum Gasteiger partial charge on any atom is 0.0162 e. The molecular weight excluding hydrogens is 188 g/mol. The van der Waals surface area contributed by atoms with E-state index in [2.05, 4.69) is 39.5 Å². The van der Waals surface area contributed by atoms with Gasteiger partial charge in [0.25, 0.3) is 0 Å². The highest BCUT2D eigenvalue weighted by Gasteiger charge is 2.42. The average Bonchev–Trinajstić information content (AvgIpc) is 2.14. The maximum atomic E-state index is 2.48. The molecule has 0 amide bonds. The van der Waals surface area contributed by atoms with Crippen molar-refractivity contribution in [2.24, 2.45) is 5.92 Å². The number of hydrogen-bond acceptors (Lipinski definition) is 1. The van der Waals surface area contributed by atoms with Crippen molar-refractivity contribution in [2.75, 3.05) is 0 Å². The van der Waals surface area contributed by atoms with Gasteiger partial charge >= 0.3 is 0 Å². The van der Waals surface area contributed by atoms with Crippen molar-refractivity contribution in [3.63, 3.8) is 0 Å². The third-order valence-corrected chi connectivity index (χ3v) is 5.49. The van der Waals surface area contributed by atoms with Crippen LogP contribution in [0.25, 0.3) is 0 Å². The SMILES string of the molecule is CCCCC(C)SC1(C)CCC1CC. The zero-order valence-corrected chi connectivity index (χ0v) is 11.1. The Hall–Kier alpha value is 0.350. The van der Waals surface area contributed by atoms with Gasteiger partial charge < -0.3 is 0 Å². The van der Waals surface area contributed by atoms with Crippen LogP contribution in [0.3, 0.4) is 0 Å². The summed E-state index contributed by atoms with van der Waals surface area (Å²) in [6, 6.07) is 0. The minimum atomic E-state index is 0.627. The van der Waals surface area contributed by atoms with Gasteiger partial charge in [0.2, 0.25) is 0 Å². The summed E-state index contributed by atoms with van der Waals surface area (Å²) in [7, 11) is 0. The molecule has 0 aromatic heterocycles. The predicted molar refractivity (Wildman–Crippen MR) is 68.0 cm³/mol. The fraction of sp³-hybridized carbons (Fsp3) is 1.00. The second kappa shape index (κ2) is 5.44. The van der Waals surface area contributed by atoms with E-state index in [0.29, 0.717) is 4.75 Å². The molecule has 14 heavy (non-hydrogen) atoms. The van der Waals surface area contributed by atoms with E-state index in [4.69, 9.17) is 0 Å². The molecule has 0 spiro atoms. The van der Waals surface area contributed by atoms with Crippen LogP contribution < -0.4 is 0 Å². The summed E-state index contributed by atoms with van der Waals surface area (Å²) in [5.74, 6) is 0.997. The van der Waals surface area contributed by atoms with Crippen molar-refractivity contribution in [3.05, 3.63) is 0 Å². The van der Waals surface area contributed by atoms with Gasteiger partial charge in [-0.2, -0.15) is 11.8 Å². The van der Waals surface area contributed by atoms with Crippen molar-refractivity contribution in [2.45, 2.75) is 76.2 Å². The molecule has 1 rings (SSSR count). The number of unbranched alkanes of at least 4 members (excludes halogenated alkanes) is 1. The summed E-state index contributed by atoms with van der Waals surface area (Å²) in [6.07, 6.45) is 8.46. The summed E-state index contributed by atoms with van der Waals surface area (Å²) >= 11 is 2.26. The molecule has 1 fully saturated rings. The van der Waals surface area contributed by atoms with Crippen LogP contribution in [0.2, 0.25) is 0 Å². The molecule has 0 aliphatic heterocycles. The van der Waals surface area contributed by atoms with Crippen LogP contribution in [-0.2, 0) is 0 Å². The van der Waals surface area contributed by atoms with E-state index in [9.17, 15) is 0 Å². The average molecular weight is 214 g/mol. The van der Waals surface area contributed by atoms with Gasteiger partial charge in [0.1, 0.15) is 0 Å². The molecular formula is C13H26S. The molecule has 84 valence electrons. The normalized spacial score (nSPS) is 33.9. The Morgan fingerprint density at radius 1 is 1.43 bits per heavy atom. The number of hydrogen-bond donors (Lipinski definition) is 0. The first-order valence-electron chi connectivity index (χ1n) is 6.30. The van der Waals surface area contributed by atoms with Crippen LogP contribution >= 0.6 is 11.8 Å². The van der Waals surface area contributed by atoms with Crippen molar-refractivity contribution < 1.29 is 0 Å². The molecule has 1 saturated carbocycles. The maximum absolute atomic E-state index is 2.48. The molecule has 0 aromatic rings. The first kappa shape index (κ1) is 12.4. The van der Waals surface area contributed by atoms with E-state index in [1.807, 2.05) is 0 Å². The Labute approximate surface area is 94.2 Å². The largest absolute Gasteiger partial charge is 0.152 e. The second-order valence-corrected chi connectivity index (χ2v) is 7.00. The van der Waals surface area contributed by atoms with E-state index >= 15 is 0 Å². The van der Waals surface area contributed by atoms with Gasteiger partial charge in [-0.25, -0.2) is 0 Å². The first-order valence-corrected chi connectivity index (χ1v) is 7.18. The highest BCUT2D eigenvalue weighted by molar-refractivity contribution is 8.01. The first-order chi connectivity index (χ1) is 6.62. The fourth-order valence-corrected chi connectivity index (χ4v) is 4.47. The molecule has 3 unspecified atom stereocenters. The standard InChI is InChI=1S/C13H26S/c1-5-7-8-11(3)14-13(4)10-9-12(13)6-2/h11-12H,5-10H2,1-4H3. The molecule has 0 N–H and O–H groups in total. The highest BCUT2D eigenvalue weighted by Crippen LogP contribution is 2.52. The Kier molecular flexibility index (Phi) is 4.82. The fourth-order valence-electron chi connectivity index (χ4n) is 2.56. The van der Waals surface area contributed by atoms with Gasteiger partial charge in [-0.1, -0.05) is 47.0 Å². The lowest BCUT2D eigenvalue weighted by Gasteiger charge is -2.48. The Morgan fingerprint density at radius 2 is 2.14 bits per heavy atom. The van der Waals surface area contributed by atoms with Crippen molar-refractivity contribution in [1.82, 2.24) is 0 Å².